The molecule has 0 saturated carbocycles. The molecule has 112 valence electrons. The Hall–Kier alpha value is -1.48. The van der Waals surface area contributed by atoms with Crippen molar-refractivity contribution in [1.29, 1.82) is 0 Å². The maximum atomic E-state index is 11.4. The van der Waals surface area contributed by atoms with Gasteiger partial charge in [-0.25, -0.2) is 4.98 Å². The van der Waals surface area contributed by atoms with Crippen molar-refractivity contribution in [3.8, 4) is 0 Å². The van der Waals surface area contributed by atoms with E-state index in [1.54, 1.807) is 13.1 Å². The zero-order valence-electron chi connectivity index (χ0n) is 13.7. The monoisotopic (exact) mass is 301 g/mol. The van der Waals surface area contributed by atoms with Crippen LogP contribution in [0.25, 0.3) is 0 Å². The first-order chi connectivity index (χ1) is 9.68. The van der Waals surface area contributed by atoms with Crippen molar-refractivity contribution in [2.75, 3.05) is 0 Å². The number of thiazole rings is 1. The Morgan fingerprint density at radius 3 is 2.19 bits per heavy atom. The number of hydrogen-bond donors (Lipinski definition) is 0. The van der Waals surface area contributed by atoms with E-state index < -0.39 is 0 Å². The standard InChI is InChI=1S/C18H23NOS/c1-11-7-14(18(4,5)6)8-12(2)15(11)9-17-19-10-16(21-17)13(3)20/h7-8,10H,9H2,1-6H3. The third-order valence-corrected chi connectivity index (χ3v) is 4.89. The minimum Gasteiger partial charge on any atom is -0.294 e. The van der Waals surface area contributed by atoms with Gasteiger partial charge in [-0.15, -0.1) is 11.3 Å². The Bertz CT molecular complexity index is 654. The molecule has 0 saturated heterocycles. The number of Topliss-reactive ketones (excluding diaryl/α,β-unsaturated/α-hetero) is 1. The van der Waals surface area contributed by atoms with E-state index in [2.05, 4.69) is 51.7 Å². The molecule has 0 atom stereocenters. The van der Waals surface area contributed by atoms with E-state index in [0.29, 0.717) is 0 Å². The molecule has 0 unspecified atom stereocenters. The molecule has 0 aliphatic heterocycles. The quantitative estimate of drug-likeness (QED) is 0.758. The molecule has 2 rings (SSSR count). The van der Waals surface area contributed by atoms with Crippen molar-refractivity contribution in [2.45, 2.75) is 53.4 Å². The predicted octanol–water partition coefficient (Wildman–Crippen LogP) is 4.85. The van der Waals surface area contributed by atoms with Gasteiger partial charge in [-0.1, -0.05) is 32.9 Å². The van der Waals surface area contributed by atoms with Crippen molar-refractivity contribution >= 4 is 17.1 Å². The van der Waals surface area contributed by atoms with Crippen molar-refractivity contribution < 1.29 is 4.79 Å². The fourth-order valence-electron chi connectivity index (χ4n) is 2.41. The van der Waals surface area contributed by atoms with Gasteiger partial charge in [0.2, 0.25) is 0 Å². The lowest BCUT2D eigenvalue weighted by atomic mass is 9.83. The van der Waals surface area contributed by atoms with Crippen LogP contribution in [-0.4, -0.2) is 10.8 Å². The van der Waals surface area contributed by atoms with Crippen molar-refractivity contribution in [3.63, 3.8) is 0 Å². The van der Waals surface area contributed by atoms with Gasteiger partial charge in [0.1, 0.15) is 0 Å². The lowest BCUT2D eigenvalue weighted by Crippen LogP contribution is -2.12. The van der Waals surface area contributed by atoms with Crippen molar-refractivity contribution in [2.24, 2.45) is 0 Å². The fraction of sp³-hybridized carbons (Fsp3) is 0.444. The third kappa shape index (κ3) is 3.59. The largest absolute Gasteiger partial charge is 0.294 e. The topological polar surface area (TPSA) is 30.0 Å². The Morgan fingerprint density at radius 1 is 1.19 bits per heavy atom. The van der Waals surface area contributed by atoms with Gasteiger partial charge >= 0.3 is 0 Å². The molecular weight excluding hydrogens is 278 g/mol. The van der Waals surface area contributed by atoms with Crippen LogP contribution in [0.3, 0.4) is 0 Å². The molecule has 3 heteroatoms. The molecule has 1 aromatic heterocycles. The van der Waals surface area contributed by atoms with Gasteiger partial charge in [-0.05, 0) is 41.5 Å². The number of hydrogen-bond acceptors (Lipinski definition) is 3. The van der Waals surface area contributed by atoms with E-state index >= 15 is 0 Å². The first-order valence-electron chi connectivity index (χ1n) is 7.24. The van der Waals surface area contributed by atoms with Crippen molar-refractivity contribution in [3.05, 3.63) is 50.5 Å². The van der Waals surface area contributed by atoms with Crippen LogP contribution in [0, 0.1) is 13.8 Å². The van der Waals surface area contributed by atoms with Gasteiger partial charge in [0.15, 0.2) is 5.78 Å². The summed E-state index contributed by atoms with van der Waals surface area (Å²) in [5.41, 5.74) is 5.47. The highest BCUT2D eigenvalue weighted by Crippen LogP contribution is 2.28. The molecule has 21 heavy (non-hydrogen) atoms. The summed E-state index contributed by atoms with van der Waals surface area (Å²) < 4.78 is 0. The third-order valence-electron chi connectivity index (χ3n) is 3.79. The number of ketones is 1. The smallest absolute Gasteiger partial charge is 0.171 e. The van der Waals surface area contributed by atoms with Gasteiger partial charge in [0.05, 0.1) is 9.88 Å². The average Bonchev–Trinajstić information content (AvgIpc) is 2.81. The first-order valence-corrected chi connectivity index (χ1v) is 8.06. The number of carbonyl (C=O) groups excluding carboxylic acids is 1. The molecule has 2 nitrogen and oxygen atoms in total. The van der Waals surface area contributed by atoms with E-state index in [0.717, 1.165) is 16.3 Å². The number of aryl methyl sites for hydroxylation is 2. The van der Waals surface area contributed by atoms with E-state index in [4.69, 9.17) is 0 Å². The highest BCUT2D eigenvalue weighted by atomic mass is 32.1. The molecule has 0 aliphatic rings. The molecule has 0 N–H and O–H groups in total. The molecule has 2 aromatic rings. The maximum Gasteiger partial charge on any atom is 0.171 e. The minimum atomic E-state index is 0.0928. The van der Waals surface area contributed by atoms with E-state index in [1.807, 2.05) is 0 Å². The summed E-state index contributed by atoms with van der Waals surface area (Å²) in [5.74, 6) is 0.0928. The Balaban J connectivity index is 2.34. The van der Waals surface area contributed by atoms with Gasteiger partial charge in [-0.3, -0.25) is 4.79 Å². The van der Waals surface area contributed by atoms with Crippen LogP contribution in [-0.2, 0) is 11.8 Å². The van der Waals surface area contributed by atoms with E-state index in [1.165, 1.54) is 33.6 Å². The zero-order chi connectivity index (χ0) is 15.8. The van der Waals surface area contributed by atoms with Crippen LogP contribution in [0.15, 0.2) is 18.3 Å². The predicted molar refractivity (Wildman–Crippen MR) is 89.5 cm³/mol. The molecular formula is C18H23NOS. The lowest BCUT2D eigenvalue weighted by Gasteiger charge is -2.22. The second-order valence-corrected chi connectivity index (χ2v) is 7.81. The van der Waals surface area contributed by atoms with E-state index in [-0.39, 0.29) is 11.2 Å². The van der Waals surface area contributed by atoms with Crippen LogP contribution in [0.5, 0.6) is 0 Å². The van der Waals surface area contributed by atoms with Gasteiger partial charge in [0, 0.05) is 19.5 Å². The van der Waals surface area contributed by atoms with Crippen LogP contribution in [0.1, 0.15) is 64.6 Å². The SMILES string of the molecule is CC(=O)c1cnc(Cc2c(C)cc(C(C)(C)C)cc2C)s1. The number of nitrogens with zero attached hydrogens (tertiary/aromatic N) is 1. The van der Waals surface area contributed by atoms with Crippen molar-refractivity contribution in [1.82, 2.24) is 4.98 Å². The molecule has 0 aliphatic carbocycles. The van der Waals surface area contributed by atoms with E-state index in [9.17, 15) is 4.79 Å². The molecule has 0 fully saturated rings. The summed E-state index contributed by atoms with van der Waals surface area (Å²) in [6.45, 7) is 12.6. The summed E-state index contributed by atoms with van der Waals surface area (Å²) in [7, 11) is 0. The normalized spacial score (nSPS) is 11.7. The number of rotatable bonds is 3. The van der Waals surface area contributed by atoms with Crippen LogP contribution in [0.4, 0.5) is 0 Å². The number of benzene rings is 1. The van der Waals surface area contributed by atoms with Crippen LogP contribution < -0.4 is 0 Å². The molecule has 0 radical (unpaired) electrons. The summed E-state index contributed by atoms with van der Waals surface area (Å²) >= 11 is 1.50. The van der Waals surface area contributed by atoms with Gasteiger partial charge in [0.25, 0.3) is 0 Å². The summed E-state index contributed by atoms with van der Waals surface area (Å²) in [5, 5.41) is 1.01. The number of carbonyl (C=O) groups is 1. The average molecular weight is 301 g/mol. The van der Waals surface area contributed by atoms with Crippen LogP contribution in [0.2, 0.25) is 0 Å². The molecule has 0 amide bonds. The van der Waals surface area contributed by atoms with Crippen LogP contribution >= 0.6 is 11.3 Å². The lowest BCUT2D eigenvalue weighted by molar-refractivity contribution is 0.102. The number of aromatic nitrogens is 1. The molecule has 0 bridgehead atoms. The fourth-order valence-corrected chi connectivity index (χ4v) is 3.24. The highest BCUT2D eigenvalue weighted by molar-refractivity contribution is 7.13. The summed E-state index contributed by atoms with van der Waals surface area (Å²) in [4.78, 5) is 16.5. The van der Waals surface area contributed by atoms with Gasteiger partial charge in [-0.2, -0.15) is 0 Å². The Morgan fingerprint density at radius 2 is 1.76 bits per heavy atom. The molecule has 0 spiro atoms. The van der Waals surface area contributed by atoms with Gasteiger partial charge < -0.3 is 0 Å². The first kappa shape index (κ1) is 15.9. The molecule has 1 heterocycles. The minimum absolute atomic E-state index is 0.0928. The summed E-state index contributed by atoms with van der Waals surface area (Å²) in [6.07, 6.45) is 2.50. The Kier molecular flexibility index (Phi) is 4.33. The zero-order valence-corrected chi connectivity index (χ0v) is 14.5. The molecule has 1 aromatic carbocycles. The summed E-state index contributed by atoms with van der Waals surface area (Å²) in [6, 6.07) is 4.56. The Labute approximate surface area is 131 Å². The maximum absolute atomic E-state index is 11.4. The highest BCUT2D eigenvalue weighted by Gasteiger charge is 2.17. The second-order valence-electron chi connectivity index (χ2n) is 6.69. The second kappa shape index (κ2) is 5.72.